The molecule has 0 unspecified atom stereocenters. The molecule has 1 aromatic carbocycles. The van der Waals surface area contributed by atoms with Crippen LogP contribution in [0.5, 0.6) is 0 Å². The van der Waals surface area contributed by atoms with Crippen molar-refractivity contribution in [2.24, 2.45) is 5.73 Å². The molecule has 0 spiro atoms. The molecule has 0 fully saturated rings. The smallest absolute Gasteiger partial charge is 0.322 e. The predicted octanol–water partition coefficient (Wildman–Crippen LogP) is 2.67. The summed E-state index contributed by atoms with van der Waals surface area (Å²) in [4.78, 5) is 13.9. The fraction of sp³-hybridized carbons (Fsp3) is 0.500. The highest BCUT2D eigenvalue weighted by Crippen LogP contribution is 2.22. The van der Waals surface area contributed by atoms with Crippen LogP contribution in [0.1, 0.15) is 26.7 Å². The van der Waals surface area contributed by atoms with Gasteiger partial charge in [-0.3, -0.25) is 0 Å². The van der Waals surface area contributed by atoms with Crippen molar-refractivity contribution in [1.29, 1.82) is 0 Å². The van der Waals surface area contributed by atoms with Gasteiger partial charge in [-0.05, 0) is 25.0 Å². The number of carbonyl (C=O) groups excluding carboxylic acids is 1. The van der Waals surface area contributed by atoms with Gasteiger partial charge in [0.25, 0.3) is 0 Å². The normalized spacial score (nSPS) is 11.1. The Bertz CT molecular complexity index is 366. The molecule has 0 atom stereocenters. The molecule has 0 saturated carbocycles. The van der Waals surface area contributed by atoms with Crippen LogP contribution in [0.15, 0.2) is 30.3 Å². The van der Waals surface area contributed by atoms with E-state index in [0.29, 0.717) is 6.54 Å². The van der Waals surface area contributed by atoms with Crippen LogP contribution in [0.4, 0.5) is 10.5 Å². The molecule has 100 valence electrons. The Morgan fingerprint density at radius 1 is 1.28 bits per heavy atom. The highest BCUT2D eigenvalue weighted by Gasteiger charge is 2.32. The maximum absolute atomic E-state index is 12.2. The van der Waals surface area contributed by atoms with Gasteiger partial charge in [0.15, 0.2) is 0 Å². The fourth-order valence-electron chi connectivity index (χ4n) is 2.09. The van der Waals surface area contributed by atoms with Gasteiger partial charge in [0, 0.05) is 19.3 Å². The summed E-state index contributed by atoms with van der Waals surface area (Å²) >= 11 is 0. The Kier molecular flexibility index (Phi) is 5.16. The maximum Gasteiger partial charge on any atom is 0.322 e. The molecule has 4 nitrogen and oxygen atoms in total. The molecule has 0 aliphatic carbocycles. The summed E-state index contributed by atoms with van der Waals surface area (Å²) in [6.45, 7) is 4.59. The molecule has 0 radical (unpaired) electrons. The molecule has 18 heavy (non-hydrogen) atoms. The Labute approximate surface area is 109 Å². The van der Waals surface area contributed by atoms with Crippen LogP contribution in [0.2, 0.25) is 0 Å². The third kappa shape index (κ3) is 3.01. The van der Waals surface area contributed by atoms with E-state index < -0.39 is 0 Å². The zero-order valence-corrected chi connectivity index (χ0v) is 11.4. The number of carbonyl (C=O) groups is 1. The number of benzene rings is 1. The fourth-order valence-corrected chi connectivity index (χ4v) is 2.09. The second-order valence-corrected chi connectivity index (χ2v) is 4.49. The van der Waals surface area contributed by atoms with Gasteiger partial charge in [-0.25, -0.2) is 4.79 Å². The van der Waals surface area contributed by atoms with E-state index in [4.69, 9.17) is 5.73 Å². The molecule has 0 saturated heterocycles. The van der Waals surface area contributed by atoms with Gasteiger partial charge in [0.05, 0.1) is 5.54 Å². The maximum atomic E-state index is 12.2. The van der Waals surface area contributed by atoms with Gasteiger partial charge >= 0.3 is 6.03 Å². The summed E-state index contributed by atoms with van der Waals surface area (Å²) in [5.41, 5.74) is 6.37. The van der Waals surface area contributed by atoms with Crippen LogP contribution in [-0.4, -0.2) is 30.1 Å². The Balaban J connectivity index is 2.77. The molecule has 0 aliphatic rings. The Morgan fingerprint density at radius 2 is 1.83 bits per heavy atom. The monoisotopic (exact) mass is 249 g/mol. The third-order valence-corrected chi connectivity index (χ3v) is 3.74. The number of hydrogen-bond acceptors (Lipinski definition) is 2. The first kappa shape index (κ1) is 14.5. The lowest BCUT2D eigenvalue weighted by Crippen LogP contribution is -2.55. The average molecular weight is 249 g/mol. The first-order chi connectivity index (χ1) is 8.59. The molecule has 3 N–H and O–H groups in total. The van der Waals surface area contributed by atoms with Crippen LogP contribution < -0.4 is 11.1 Å². The Hall–Kier alpha value is -1.55. The average Bonchev–Trinajstić information content (AvgIpc) is 2.42. The van der Waals surface area contributed by atoms with Gasteiger partial charge in [-0.1, -0.05) is 32.0 Å². The molecule has 0 aliphatic heterocycles. The van der Waals surface area contributed by atoms with Crippen molar-refractivity contribution in [3.63, 3.8) is 0 Å². The molecular weight excluding hydrogens is 226 g/mol. The largest absolute Gasteiger partial charge is 0.328 e. The second kappa shape index (κ2) is 6.40. The van der Waals surface area contributed by atoms with Gasteiger partial charge in [-0.2, -0.15) is 0 Å². The SMILES string of the molecule is CCC(CC)(CN)N(C)C(=O)Nc1ccccc1. The number of nitrogens with zero attached hydrogens (tertiary/aromatic N) is 1. The van der Waals surface area contributed by atoms with E-state index in [1.165, 1.54) is 0 Å². The van der Waals surface area contributed by atoms with Gasteiger partial charge in [0.2, 0.25) is 0 Å². The number of rotatable bonds is 5. The summed E-state index contributed by atoms with van der Waals surface area (Å²) in [5.74, 6) is 0. The van der Waals surface area contributed by atoms with Crippen molar-refractivity contribution in [3.8, 4) is 0 Å². The highest BCUT2D eigenvalue weighted by molar-refractivity contribution is 5.89. The van der Waals surface area contributed by atoms with Crippen LogP contribution in [0.3, 0.4) is 0 Å². The van der Waals surface area contributed by atoms with Gasteiger partial charge in [0.1, 0.15) is 0 Å². The summed E-state index contributed by atoms with van der Waals surface area (Å²) in [7, 11) is 1.80. The summed E-state index contributed by atoms with van der Waals surface area (Å²) < 4.78 is 0. The van der Waals surface area contributed by atoms with Crippen LogP contribution in [-0.2, 0) is 0 Å². The van der Waals surface area contributed by atoms with Crippen LogP contribution in [0.25, 0.3) is 0 Å². The summed E-state index contributed by atoms with van der Waals surface area (Å²) in [5, 5.41) is 2.88. The van der Waals surface area contributed by atoms with E-state index in [1.807, 2.05) is 30.3 Å². The molecule has 1 aromatic rings. The number of nitrogens with two attached hydrogens (primary N) is 1. The molecule has 1 rings (SSSR count). The lowest BCUT2D eigenvalue weighted by Gasteiger charge is -2.39. The zero-order chi connectivity index (χ0) is 13.6. The van der Waals surface area contributed by atoms with E-state index in [1.54, 1.807) is 11.9 Å². The molecule has 4 heteroatoms. The predicted molar refractivity (Wildman–Crippen MR) is 75.6 cm³/mol. The number of anilines is 1. The minimum atomic E-state index is -0.265. The Morgan fingerprint density at radius 3 is 2.28 bits per heavy atom. The van der Waals surface area contributed by atoms with E-state index in [9.17, 15) is 4.79 Å². The number of hydrogen-bond donors (Lipinski definition) is 2. The quantitative estimate of drug-likeness (QED) is 0.843. The lowest BCUT2D eigenvalue weighted by atomic mass is 9.91. The molecule has 0 bridgehead atoms. The van der Waals surface area contributed by atoms with Crippen molar-refractivity contribution in [2.75, 3.05) is 18.9 Å². The van der Waals surface area contributed by atoms with Gasteiger partial charge in [-0.15, -0.1) is 0 Å². The van der Waals surface area contributed by atoms with Crippen molar-refractivity contribution >= 4 is 11.7 Å². The third-order valence-electron chi connectivity index (χ3n) is 3.74. The second-order valence-electron chi connectivity index (χ2n) is 4.49. The minimum absolute atomic E-state index is 0.115. The van der Waals surface area contributed by atoms with E-state index in [-0.39, 0.29) is 11.6 Å². The van der Waals surface area contributed by atoms with Gasteiger partial charge < -0.3 is 16.0 Å². The first-order valence-electron chi connectivity index (χ1n) is 6.39. The molecule has 2 amide bonds. The van der Waals surface area contributed by atoms with Crippen molar-refractivity contribution < 1.29 is 4.79 Å². The van der Waals surface area contributed by atoms with E-state index in [2.05, 4.69) is 19.2 Å². The number of urea groups is 1. The summed E-state index contributed by atoms with van der Waals surface area (Å²) in [6.07, 6.45) is 1.69. The number of amides is 2. The number of likely N-dealkylation sites (N-methyl/N-ethyl adjacent to an activating group) is 1. The standard InChI is InChI=1S/C14H23N3O/c1-4-14(5-2,11-15)17(3)13(18)16-12-9-7-6-8-10-12/h6-10H,4-5,11,15H2,1-3H3,(H,16,18). The van der Waals surface area contributed by atoms with Crippen LogP contribution >= 0.6 is 0 Å². The number of para-hydroxylation sites is 1. The minimum Gasteiger partial charge on any atom is -0.328 e. The van der Waals surface area contributed by atoms with Crippen molar-refractivity contribution in [3.05, 3.63) is 30.3 Å². The van der Waals surface area contributed by atoms with Crippen LogP contribution in [0, 0.1) is 0 Å². The highest BCUT2D eigenvalue weighted by atomic mass is 16.2. The zero-order valence-electron chi connectivity index (χ0n) is 11.4. The number of nitrogens with one attached hydrogen (secondary N) is 1. The van der Waals surface area contributed by atoms with E-state index >= 15 is 0 Å². The topological polar surface area (TPSA) is 58.4 Å². The van der Waals surface area contributed by atoms with Crippen molar-refractivity contribution in [2.45, 2.75) is 32.2 Å². The summed E-state index contributed by atoms with van der Waals surface area (Å²) in [6, 6.07) is 9.33. The molecule has 0 aromatic heterocycles. The molecular formula is C14H23N3O. The van der Waals surface area contributed by atoms with E-state index in [0.717, 1.165) is 18.5 Å². The lowest BCUT2D eigenvalue weighted by molar-refractivity contribution is 0.140. The van der Waals surface area contributed by atoms with Crippen molar-refractivity contribution in [1.82, 2.24) is 4.90 Å². The first-order valence-corrected chi connectivity index (χ1v) is 6.39. The molecule has 0 heterocycles.